The SMILES string of the molecule is COc1ccc(C(C)NC(=O)c2cc(-c3cccs3)[nH]n2)cc1F. The van der Waals surface area contributed by atoms with Gasteiger partial charge in [-0.3, -0.25) is 9.89 Å². The average molecular weight is 345 g/mol. The van der Waals surface area contributed by atoms with E-state index in [4.69, 9.17) is 4.74 Å². The van der Waals surface area contributed by atoms with Crippen molar-refractivity contribution in [2.45, 2.75) is 13.0 Å². The second kappa shape index (κ2) is 6.84. The van der Waals surface area contributed by atoms with E-state index in [0.717, 1.165) is 10.6 Å². The molecule has 0 aliphatic heterocycles. The van der Waals surface area contributed by atoms with Gasteiger partial charge in [0.2, 0.25) is 0 Å². The minimum Gasteiger partial charge on any atom is -0.494 e. The van der Waals surface area contributed by atoms with Crippen LogP contribution in [-0.4, -0.2) is 23.2 Å². The lowest BCUT2D eigenvalue weighted by Crippen LogP contribution is -2.27. The maximum absolute atomic E-state index is 13.8. The Bertz CT molecular complexity index is 845. The fourth-order valence-corrected chi connectivity index (χ4v) is 2.99. The molecule has 2 aromatic heterocycles. The topological polar surface area (TPSA) is 67.0 Å². The molecule has 3 aromatic rings. The summed E-state index contributed by atoms with van der Waals surface area (Å²) in [6.07, 6.45) is 0. The third kappa shape index (κ3) is 3.30. The molecule has 124 valence electrons. The number of nitrogens with zero attached hydrogens (tertiary/aromatic N) is 1. The first-order valence-electron chi connectivity index (χ1n) is 7.32. The van der Waals surface area contributed by atoms with Crippen LogP contribution in [0.15, 0.2) is 41.8 Å². The van der Waals surface area contributed by atoms with Crippen LogP contribution in [0.1, 0.15) is 29.0 Å². The fraction of sp³-hybridized carbons (Fsp3) is 0.176. The highest BCUT2D eigenvalue weighted by atomic mass is 32.1. The van der Waals surface area contributed by atoms with E-state index >= 15 is 0 Å². The molecule has 1 amide bonds. The first kappa shape index (κ1) is 16.2. The van der Waals surface area contributed by atoms with Crippen LogP contribution in [0.4, 0.5) is 4.39 Å². The zero-order valence-corrected chi connectivity index (χ0v) is 14.0. The van der Waals surface area contributed by atoms with Crippen molar-refractivity contribution in [1.82, 2.24) is 15.5 Å². The third-order valence-electron chi connectivity index (χ3n) is 3.62. The van der Waals surface area contributed by atoms with Gasteiger partial charge in [-0.2, -0.15) is 5.10 Å². The molecule has 0 radical (unpaired) electrons. The number of carbonyl (C=O) groups excluding carboxylic acids is 1. The monoisotopic (exact) mass is 345 g/mol. The van der Waals surface area contributed by atoms with Crippen molar-refractivity contribution >= 4 is 17.2 Å². The van der Waals surface area contributed by atoms with Gasteiger partial charge in [0.05, 0.1) is 23.7 Å². The van der Waals surface area contributed by atoms with Gasteiger partial charge in [-0.1, -0.05) is 12.1 Å². The lowest BCUT2D eigenvalue weighted by molar-refractivity contribution is 0.0934. The Balaban J connectivity index is 1.71. The molecular formula is C17H16FN3O2S. The summed E-state index contributed by atoms with van der Waals surface area (Å²) < 4.78 is 18.7. The summed E-state index contributed by atoms with van der Waals surface area (Å²) in [5.74, 6) is -0.612. The molecule has 1 aromatic carbocycles. The molecule has 0 saturated heterocycles. The maximum Gasteiger partial charge on any atom is 0.272 e. The number of nitrogens with one attached hydrogen (secondary N) is 2. The van der Waals surface area contributed by atoms with Crippen LogP contribution in [-0.2, 0) is 0 Å². The number of carbonyl (C=O) groups is 1. The molecule has 5 nitrogen and oxygen atoms in total. The van der Waals surface area contributed by atoms with Crippen molar-refractivity contribution in [2.24, 2.45) is 0 Å². The average Bonchev–Trinajstić information content (AvgIpc) is 3.25. The summed E-state index contributed by atoms with van der Waals surface area (Å²) >= 11 is 1.56. The van der Waals surface area contributed by atoms with Crippen LogP contribution in [0, 0.1) is 5.82 Å². The minimum atomic E-state index is -0.462. The van der Waals surface area contributed by atoms with E-state index in [0.29, 0.717) is 11.3 Å². The van der Waals surface area contributed by atoms with E-state index in [-0.39, 0.29) is 17.7 Å². The van der Waals surface area contributed by atoms with E-state index in [1.807, 2.05) is 17.5 Å². The van der Waals surface area contributed by atoms with Crippen LogP contribution in [0.5, 0.6) is 5.75 Å². The normalized spacial score (nSPS) is 12.0. The van der Waals surface area contributed by atoms with Crippen LogP contribution >= 0.6 is 11.3 Å². The summed E-state index contributed by atoms with van der Waals surface area (Å²) in [6.45, 7) is 1.78. The van der Waals surface area contributed by atoms with Crippen molar-refractivity contribution < 1.29 is 13.9 Å². The number of halogens is 1. The third-order valence-corrected chi connectivity index (χ3v) is 4.52. The molecule has 1 unspecified atom stereocenters. The number of hydrogen-bond acceptors (Lipinski definition) is 4. The van der Waals surface area contributed by atoms with Gasteiger partial charge in [0, 0.05) is 0 Å². The molecule has 24 heavy (non-hydrogen) atoms. The molecule has 7 heteroatoms. The number of rotatable bonds is 5. The first-order chi connectivity index (χ1) is 11.6. The Morgan fingerprint density at radius 1 is 1.38 bits per heavy atom. The smallest absolute Gasteiger partial charge is 0.272 e. The largest absolute Gasteiger partial charge is 0.494 e. The number of hydrogen-bond donors (Lipinski definition) is 2. The van der Waals surface area contributed by atoms with Crippen LogP contribution < -0.4 is 10.1 Å². The molecule has 1 atom stereocenters. The molecule has 0 aliphatic carbocycles. The Hall–Kier alpha value is -2.67. The Kier molecular flexibility index (Phi) is 4.61. The highest BCUT2D eigenvalue weighted by Crippen LogP contribution is 2.24. The highest BCUT2D eigenvalue weighted by molar-refractivity contribution is 7.13. The number of methoxy groups -OCH3 is 1. The van der Waals surface area contributed by atoms with Gasteiger partial charge in [0.15, 0.2) is 17.3 Å². The first-order valence-corrected chi connectivity index (χ1v) is 8.20. The van der Waals surface area contributed by atoms with Gasteiger partial charge in [-0.15, -0.1) is 11.3 Å². The van der Waals surface area contributed by atoms with Crippen molar-refractivity contribution in [3.63, 3.8) is 0 Å². The predicted octanol–water partition coefficient (Wildman–Crippen LogP) is 3.78. The van der Waals surface area contributed by atoms with Crippen molar-refractivity contribution in [1.29, 1.82) is 0 Å². The molecule has 2 N–H and O–H groups in total. The summed E-state index contributed by atoms with van der Waals surface area (Å²) in [6, 6.07) is 9.82. The minimum absolute atomic E-state index is 0.171. The molecule has 3 rings (SSSR count). The van der Waals surface area contributed by atoms with E-state index in [1.54, 1.807) is 30.4 Å². The van der Waals surface area contributed by atoms with Crippen molar-refractivity contribution in [3.8, 4) is 16.3 Å². The van der Waals surface area contributed by atoms with Crippen LogP contribution in [0.25, 0.3) is 10.6 Å². The van der Waals surface area contributed by atoms with Gasteiger partial charge in [0.1, 0.15) is 0 Å². The Morgan fingerprint density at radius 3 is 2.88 bits per heavy atom. The second-order valence-electron chi connectivity index (χ2n) is 5.23. The van der Waals surface area contributed by atoms with Gasteiger partial charge in [-0.05, 0) is 42.1 Å². The quantitative estimate of drug-likeness (QED) is 0.739. The standard InChI is InChI=1S/C17H16FN3O2S/c1-10(11-5-6-15(23-2)12(18)8-11)19-17(22)14-9-13(20-21-14)16-4-3-7-24-16/h3-10H,1-2H3,(H,19,22)(H,20,21). The Morgan fingerprint density at radius 2 is 2.21 bits per heavy atom. The zero-order chi connectivity index (χ0) is 17.1. The van der Waals surface area contributed by atoms with Crippen molar-refractivity contribution in [3.05, 3.63) is 58.9 Å². The molecule has 0 bridgehead atoms. The number of aromatic nitrogens is 2. The summed E-state index contributed by atoms with van der Waals surface area (Å²) in [5, 5.41) is 11.7. The fourth-order valence-electron chi connectivity index (χ4n) is 2.30. The highest BCUT2D eigenvalue weighted by Gasteiger charge is 2.16. The van der Waals surface area contributed by atoms with Crippen LogP contribution in [0.3, 0.4) is 0 Å². The second-order valence-corrected chi connectivity index (χ2v) is 6.18. The van der Waals surface area contributed by atoms with Gasteiger partial charge in [0.25, 0.3) is 5.91 Å². The number of benzene rings is 1. The van der Waals surface area contributed by atoms with Crippen molar-refractivity contribution in [2.75, 3.05) is 7.11 Å². The summed E-state index contributed by atoms with van der Waals surface area (Å²) in [4.78, 5) is 13.3. The molecule has 2 heterocycles. The lowest BCUT2D eigenvalue weighted by Gasteiger charge is -2.14. The molecule has 0 aliphatic rings. The number of ether oxygens (including phenoxy) is 1. The number of thiophene rings is 1. The van der Waals surface area contributed by atoms with Gasteiger partial charge >= 0.3 is 0 Å². The number of H-pyrrole nitrogens is 1. The molecule has 0 fully saturated rings. The van der Waals surface area contributed by atoms with E-state index < -0.39 is 5.82 Å². The van der Waals surface area contributed by atoms with Gasteiger partial charge in [-0.25, -0.2) is 4.39 Å². The van der Waals surface area contributed by atoms with Gasteiger partial charge < -0.3 is 10.1 Å². The molecule has 0 saturated carbocycles. The molecular weight excluding hydrogens is 329 g/mol. The van der Waals surface area contributed by atoms with E-state index in [9.17, 15) is 9.18 Å². The van der Waals surface area contributed by atoms with Crippen LogP contribution in [0.2, 0.25) is 0 Å². The number of aromatic amines is 1. The zero-order valence-electron chi connectivity index (χ0n) is 13.2. The number of amides is 1. The van der Waals surface area contributed by atoms with E-state index in [2.05, 4.69) is 15.5 Å². The summed E-state index contributed by atoms with van der Waals surface area (Å²) in [7, 11) is 1.41. The predicted molar refractivity (Wildman–Crippen MR) is 90.7 cm³/mol. The molecule has 0 spiro atoms. The lowest BCUT2D eigenvalue weighted by atomic mass is 10.1. The summed E-state index contributed by atoms with van der Waals surface area (Å²) in [5.41, 5.74) is 1.73. The Labute approximate surface area is 142 Å². The maximum atomic E-state index is 13.8. The van der Waals surface area contributed by atoms with E-state index in [1.165, 1.54) is 19.2 Å².